The van der Waals surface area contributed by atoms with E-state index in [9.17, 15) is 18.0 Å². The first-order valence-electron chi connectivity index (χ1n) is 9.77. The van der Waals surface area contributed by atoms with Crippen molar-refractivity contribution in [2.24, 2.45) is 4.99 Å². The third-order valence-electron chi connectivity index (χ3n) is 4.50. The third kappa shape index (κ3) is 8.39. The van der Waals surface area contributed by atoms with Crippen LogP contribution < -0.4 is 16.0 Å². The van der Waals surface area contributed by atoms with E-state index in [0.717, 1.165) is 17.7 Å². The van der Waals surface area contributed by atoms with E-state index in [1.54, 1.807) is 26.1 Å². The van der Waals surface area contributed by atoms with Gasteiger partial charge in [-0.1, -0.05) is 24.3 Å². The quantitative estimate of drug-likeness (QED) is 0.271. The summed E-state index contributed by atoms with van der Waals surface area (Å²) in [6.45, 7) is 4.78. The van der Waals surface area contributed by atoms with Gasteiger partial charge < -0.3 is 16.0 Å². The highest BCUT2D eigenvalue weighted by molar-refractivity contribution is 14.0. The number of carbonyl (C=O) groups is 1. The van der Waals surface area contributed by atoms with Gasteiger partial charge in [0.1, 0.15) is 0 Å². The monoisotopic (exact) mass is 548 g/mol. The molecule has 1 amide bonds. The minimum Gasteiger partial charge on any atom is -0.357 e. The molecule has 1 unspecified atom stereocenters. The van der Waals surface area contributed by atoms with Gasteiger partial charge in [0.05, 0.1) is 11.6 Å². The van der Waals surface area contributed by atoms with E-state index in [0.29, 0.717) is 36.6 Å². The fourth-order valence-electron chi connectivity index (χ4n) is 2.90. The number of amides is 1. The first-order valence-corrected chi connectivity index (χ1v) is 9.77. The molecular formula is C22H28F3IN4O. The van der Waals surface area contributed by atoms with Crippen LogP contribution in [0.15, 0.2) is 53.5 Å². The second-order valence-corrected chi connectivity index (χ2v) is 6.78. The first-order chi connectivity index (χ1) is 14.2. The Morgan fingerprint density at radius 1 is 1.13 bits per heavy atom. The van der Waals surface area contributed by atoms with Crippen LogP contribution in [-0.2, 0) is 12.6 Å². The summed E-state index contributed by atoms with van der Waals surface area (Å²) >= 11 is 0. The summed E-state index contributed by atoms with van der Waals surface area (Å²) in [5, 5.41) is 8.84. The number of halogens is 4. The number of aliphatic imine (C=N–C) groups is 1. The van der Waals surface area contributed by atoms with Crippen molar-refractivity contribution in [3.8, 4) is 0 Å². The lowest BCUT2D eigenvalue weighted by molar-refractivity contribution is -0.137. The van der Waals surface area contributed by atoms with E-state index in [1.807, 2.05) is 25.1 Å². The molecule has 0 spiro atoms. The van der Waals surface area contributed by atoms with Gasteiger partial charge in [-0.2, -0.15) is 13.2 Å². The lowest BCUT2D eigenvalue weighted by atomic mass is 10.1. The van der Waals surface area contributed by atoms with Crippen molar-refractivity contribution in [3.63, 3.8) is 0 Å². The zero-order chi connectivity index (χ0) is 22.1. The predicted molar refractivity (Wildman–Crippen MR) is 128 cm³/mol. The fraction of sp³-hybridized carbons (Fsp3) is 0.364. The maximum absolute atomic E-state index is 13.0. The maximum Gasteiger partial charge on any atom is 0.416 e. The molecule has 0 aliphatic carbocycles. The molecule has 31 heavy (non-hydrogen) atoms. The zero-order valence-corrected chi connectivity index (χ0v) is 20.0. The second-order valence-electron chi connectivity index (χ2n) is 6.78. The number of carbonyl (C=O) groups excluding carboxylic acids is 1. The molecule has 0 saturated heterocycles. The molecule has 0 saturated carbocycles. The van der Waals surface area contributed by atoms with Crippen LogP contribution in [0.2, 0.25) is 0 Å². The number of alkyl halides is 3. The Kier molecular flexibility index (Phi) is 10.8. The topological polar surface area (TPSA) is 65.5 Å². The minimum atomic E-state index is -4.38. The highest BCUT2D eigenvalue weighted by atomic mass is 127. The largest absolute Gasteiger partial charge is 0.416 e. The highest BCUT2D eigenvalue weighted by Crippen LogP contribution is 2.30. The molecule has 0 radical (unpaired) electrons. The van der Waals surface area contributed by atoms with Crippen molar-refractivity contribution in [3.05, 3.63) is 70.8 Å². The Balaban J connectivity index is 0.00000480. The summed E-state index contributed by atoms with van der Waals surface area (Å²) in [6.07, 6.45) is -3.75. The molecule has 0 aromatic heterocycles. The highest BCUT2D eigenvalue weighted by Gasteiger charge is 2.30. The SMILES string of the molecule is CCNC(=NCCc1cccc(C(=O)NC)c1)NC(C)c1cccc(C(F)(F)F)c1.I. The molecule has 0 aliphatic rings. The Morgan fingerprint density at radius 3 is 2.48 bits per heavy atom. The minimum absolute atomic E-state index is 0. The molecule has 2 rings (SSSR count). The first kappa shape index (κ1) is 26.7. The Bertz CT molecular complexity index is 887. The Morgan fingerprint density at radius 2 is 1.84 bits per heavy atom. The van der Waals surface area contributed by atoms with Crippen molar-refractivity contribution in [1.29, 1.82) is 0 Å². The van der Waals surface area contributed by atoms with Crippen molar-refractivity contribution in [2.45, 2.75) is 32.5 Å². The number of hydrogen-bond donors (Lipinski definition) is 3. The summed E-state index contributed by atoms with van der Waals surface area (Å²) in [7, 11) is 1.58. The molecule has 2 aromatic rings. The summed E-state index contributed by atoms with van der Waals surface area (Å²) in [5.41, 5.74) is 1.41. The molecule has 0 bridgehead atoms. The maximum atomic E-state index is 13.0. The molecular weight excluding hydrogens is 520 g/mol. The van der Waals surface area contributed by atoms with Crippen LogP contribution >= 0.6 is 24.0 Å². The number of nitrogens with one attached hydrogen (secondary N) is 3. The van der Waals surface area contributed by atoms with Crippen LogP contribution in [0.3, 0.4) is 0 Å². The summed E-state index contributed by atoms with van der Waals surface area (Å²) in [6, 6.07) is 12.2. The Labute approximate surface area is 197 Å². The van der Waals surface area contributed by atoms with Crippen LogP contribution in [0.5, 0.6) is 0 Å². The average molecular weight is 548 g/mol. The van der Waals surface area contributed by atoms with Crippen molar-refractivity contribution in [2.75, 3.05) is 20.1 Å². The lowest BCUT2D eigenvalue weighted by Crippen LogP contribution is -2.39. The van der Waals surface area contributed by atoms with Gasteiger partial charge in [-0.25, -0.2) is 0 Å². The van der Waals surface area contributed by atoms with Gasteiger partial charge in [0.15, 0.2) is 5.96 Å². The summed E-state index contributed by atoms with van der Waals surface area (Å²) in [5.74, 6) is 0.370. The molecule has 2 aromatic carbocycles. The standard InChI is InChI=1S/C22H27F3N4O.HI/c1-4-27-21(28-12-11-16-7-5-9-18(13-16)20(30)26-3)29-15(2)17-8-6-10-19(14-17)22(23,24)25;/h5-10,13-15H,4,11-12H2,1-3H3,(H,26,30)(H2,27,28,29);1H. The molecule has 0 fully saturated rings. The van der Waals surface area contributed by atoms with E-state index in [2.05, 4.69) is 20.9 Å². The number of hydrogen-bond acceptors (Lipinski definition) is 2. The van der Waals surface area contributed by atoms with E-state index in [-0.39, 0.29) is 35.9 Å². The Hall–Kier alpha value is -2.30. The molecule has 9 heteroatoms. The van der Waals surface area contributed by atoms with Gasteiger partial charge >= 0.3 is 6.18 Å². The lowest BCUT2D eigenvalue weighted by Gasteiger charge is -2.19. The van der Waals surface area contributed by atoms with E-state index in [4.69, 9.17) is 0 Å². The number of guanidine groups is 1. The van der Waals surface area contributed by atoms with Crippen LogP contribution in [-0.4, -0.2) is 32.0 Å². The molecule has 0 heterocycles. The van der Waals surface area contributed by atoms with Crippen molar-refractivity contribution in [1.82, 2.24) is 16.0 Å². The van der Waals surface area contributed by atoms with Gasteiger partial charge in [0.25, 0.3) is 5.91 Å². The van der Waals surface area contributed by atoms with Gasteiger partial charge in [0.2, 0.25) is 0 Å². The fourth-order valence-corrected chi connectivity index (χ4v) is 2.90. The van der Waals surface area contributed by atoms with Gasteiger partial charge in [0, 0.05) is 25.7 Å². The van der Waals surface area contributed by atoms with E-state index < -0.39 is 11.7 Å². The molecule has 3 N–H and O–H groups in total. The van der Waals surface area contributed by atoms with Crippen LogP contribution in [0.1, 0.15) is 46.9 Å². The van der Waals surface area contributed by atoms with E-state index in [1.165, 1.54) is 6.07 Å². The zero-order valence-electron chi connectivity index (χ0n) is 17.7. The van der Waals surface area contributed by atoms with Crippen LogP contribution in [0.25, 0.3) is 0 Å². The average Bonchev–Trinajstić information content (AvgIpc) is 2.73. The summed E-state index contributed by atoms with van der Waals surface area (Å²) in [4.78, 5) is 16.3. The number of rotatable bonds is 7. The summed E-state index contributed by atoms with van der Waals surface area (Å²) < 4.78 is 38.9. The molecule has 0 aliphatic heterocycles. The van der Waals surface area contributed by atoms with E-state index >= 15 is 0 Å². The number of nitrogens with zero attached hydrogens (tertiary/aromatic N) is 1. The van der Waals surface area contributed by atoms with Crippen molar-refractivity contribution < 1.29 is 18.0 Å². The molecule has 1 atom stereocenters. The van der Waals surface area contributed by atoms with Gasteiger partial charge in [-0.3, -0.25) is 9.79 Å². The van der Waals surface area contributed by atoms with Gasteiger partial charge in [-0.15, -0.1) is 24.0 Å². The molecule has 170 valence electrons. The van der Waals surface area contributed by atoms with Crippen molar-refractivity contribution >= 4 is 35.8 Å². The second kappa shape index (κ2) is 12.5. The van der Waals surface area contributed by atoms with Gasteiger partial charge in [-0.05, 0) is 55.7 Å². The third-order valence-corrected chi connectivity index (χ3v) is 4.50. The van der Waals surface area contributed by atoms with Crippen LogP contribution in [0.4, 0.5) is 13.2 Å². The van der Waals surface area contributed by atoms with Crippen LogP contribution in [0, 0.1) is 0 Å². The predicted octanol–water partition coefficient (Wildman–Crippen LogP) is 4.54. The molecule has 5 nitrogen and oxygen atoms in total. The smallest absolute Gasteiger partial charge is 0.357 e. The normalized spacial score (nSPS) is 12.5. The number of benzene rings is 2.